The molecule has 3 aromatic rings. The Morgan fingerprint density at radius 3 is 2.37 bits per heavy atom. The van der Waals surface area contributed by atoms with Gasteiger partial charge in [0.15, 0.2) is 6.10 Å². The topological polar surface area (TPSA) is 68.3 Å². The van der Waals surface area contributed by atoms with Gasteiger partial charge in [-0.15, -0.1) is 0 Å². The fourth-order valence-corrected chi connectivity index (χ4v) is 5.01. The molecule has 2 aliphatic heterocycles. The maximum Gasteiger partial charge on any atom is 0.266 e. The molecule has 0 saturated carbocycles. The third-order valence-corrected chi connectivity index (χ3v) is 6.70. The van der Waals surface area contributed by atoms with Crippen molar-refractivity contribution in [2.24, 2.45) is 5.92 Å². The number of benzene rings is 3. The molecule has 3 aromatic carbocycles. The van der Waals surface area contributed by atoms with Gasteiger partial charge in [-0.1, -0.05) is 41.1 Å². The smallest absolute Gasteiger partial charge is 0.266 e. The van der Waals surface area contributed by atoms with Crippen molar-refractivity contribution in [1.29, 1.82) is 0 Å². The second kappa shape index (κ2) is 9.71. The first-order valence-electron chi connectivity index (χ1n) is 11.5. The third-order valence-electron chi connectivity index (χ3n) is 6.20. The number of ether oxygens (including phenoxy) is 2. The van der Waals surface area contributed by atoms with Crippen molar-refractivity contribution >= 4 is 39.1 Å². The Morgan fingerprint density at radius 2 is 1.69 bits per heavy atom. The number of hydroxylamine groups is 1. The summed E-state index contributed by atoms with van der Waals surface area (Å²) in [4.78, 5) is 34.8. The molecule has 2 amide bonds. The maximum atomic E-state index is 13.8. The Bertz CT molecular complexity index is 1230. The lowest BCUT2D eigenvalue weighted by Gasteiger charge is -2.29. The van der Waals surface area contributed by atoms with E-state index in [9.17, 15) is 9.59 Å². The first kappa shape index (κ1) is 23.4. The van der Waals surface area contributed by atoms with E-state index < -0.39 is 18.1 Å². The van der Waals surface area contributed by atoms with E-state index in [2.05, 4.69) is 15.9 Å². The Labute approximate surface area is 212 Å². The molecule has 3 atom stereocenters. The molecule has 5 rings (SSSR count). The number of halogens is 1. The monoisotopic (exact) mass is 536 g/mol. The number of fused-ring (bicyclic) bond motifs is 1. The van der Waals surface area contributed by atoms with Gasteiger partial charge in [-0.3, -0.25) is 14.4 Å². The molecule has 0 unspecified atom stereocenters. The van der Waals surface area contributed by atoms with E-state index in [-0.39, 0.29) is 11.8 Å². The van der Waals surface area contributed by atoms with Gasteiger partial charge in [-0.05, 0) is 61.0 Å². The molecule has 0 radical (unpaired) electrons. The van der Waals surface area contributed by atoms with Crippen molar-refractivity contribution < 1.29 is 23.9 Å². The maximum absolute atomic E-state index is 13.8. The van der Waals surface area contributed by atoms with Crippen LogP contribution in [0.4, 0.5) is 11.4 Å². The van der Waals surface area contributed by atoms with Crippen LogP contribution >= 0.6 is 15.9 Å². The van der Waals surface area contributed by atoms with E-state index in [0.29, 0.717) is 23.8 Å². The second-order valence-electron chi connectivity index (χ2n) is 8.40. The molecule has 2 heterocycles. The summed E-state index contributed by atoms with van der Waals surface area (Å²) in [7, 11) is 1.59. The van der Waals surface area contributed by atoms with Crippen molar-refractivity contribution in [2.75, 3.05) is 23.7 Å². The van der Waals surface area contributed by atoms with E-state index in [0.717, 1.165) is 22.1 Å². The first-order chi connectivity index (χ1) is 17.0. The largest absolute Gasteiger partial charge is 0.496 e. The third kappa shape index (κ3) is 4.17. The van der Waals surface area contributed by atoms with Gasteiger partial charge in [0.2, 0.25) is 5.91 Å². The number of amides is 2. The van der Waals surface area contributed by atoms with Gasteiger partial charge < -0.3 is 9.47 Å². The van der Waals surface area contributed by atoms with Crippen LogP contribution in [-0.2, 0) is 14.4 Å². The van der Waals surface area contributed by atoms with Crippen molar-refractivity contribution in [1.82, 2.24) is 0 Å². The molecule has 0 aliphatic carbocycles. The number of hydrogen-bond acceptors (Lipinski definition) is 6. The van der Waals surface area contributed by atoms with Gasteiger partial charge in [-0.25, -0.2) is 9.96 Å². The number of anilines is 2. The molecule has 2 saturated heterocycles. The minimum Gasteiger partial charge on any atom is -0.496 e. The number of carbonyl (C=O) groups excluding carboxylic acids is 2. The molecular formula is C27H25BrN2O5. The average Bonchev–Trinajstić information content (AvgIpc) is 3.39. The quantitative estimate of drug-likeness (QED) is 0.382. The van der Waals surface area contributed by atoms with Gasteiger partial charge in [0, 0.05) is 10.0 Å². The van der Waals surface area contributed by atoms with E-state index in [4.69, 9.17) is 14.3 Å². The number of nitrogens with zero attached hydrogens (tertiary/aromatic N) is 2. The summed E-state index contributed by atoms with van der Waals surface area (Å²) in [5.41, 5.74) is 2.00. The summed E-state index contributed by atoms with van der Waals surface area (Å²) in [5, 5.41) is 1.66. The lowest BCUT2D eigenvalue weighted by molar-refractivity contribution is -0.126. The van der Waals surface area contributed by atoms with Crippen LogP contribution < -0.4 is 19.4 Å². The van der Waals surface area contributed by atoms with Gasteiger partial charge in [0.25, 0.3) is 5.91 Å². The second-order valence-corrected chi connectivity index (χ2v) is 9.31. The Balaban J connectivity index is 1.54. The Kier molecular flexibility index (Phi) is 6.49. The number of hydrogen-bond donors (Lipinski definition) is 0. The zero-order valence-electron chi connectivity index (χ0n) is 19.4. The summed E-state index contributed by atoms with van der Waals surface area (Å²) < 4.78 is 12.1. The molecule has 0 spiro atoms. The summed E-state index contributed by atoms with van der Waals surface area (Å²) in [6.45, 7) is 2.63. The molecular weight excluding hydrogens is 512 g/mol. The summed E-state index contributed by atoms with van der Waals surface area (Å²) >= 11 is 3.53. The van der Waals surface area contributed by atoms with E-state index in [1.54, 1.807) is 36.4 Å². The van der Waals surface area contributed by atoms with Gasteiger partial charge >= 0.3 is 0 Å². The Morgan fingerprint density at radius 1 is 0.943 bits per heavy atom. The van der Waals surface area contributed by atoms with Crippen LogP contribution in [0.2, 0.25) is 0 Å². The minimum absolute atomic E-state index is 0.312. The number of imide groups is 1. The SMILES string of the molecule is CCCOc1ccc(N2C(=O)[C@H]3[C@H](ON(c4ccccc4)[C@@H]3c3cc(Br)ccc3OC)C2=O)cc1. The first-order valence-corrected chi connectivity index (χ1v) is 12.3. The molecule has 0 aromatic heterocycles. The molecule has 0 N–H and O–H groups in total. The van der Waals surface area contributed by atoms with Gasteiger partial charge in [-0.2, -0.15) is 0 Å². The highest BCUT2D eigenvalue weighted by Crippen LogP contribution is 2.50. The molecule has 180 valence electrons. The number of para-hydroxylation sites is 1. The molecule has 35 heavy (non-hydrogen) atoms. The molecule has 2 fully saturated rings. The number of methoxy groups -OCH3 is 1. The molecule has 7 nitrogen and oxygen atoms in total. The lowest BCUT2D eigenvalue weighted by Crippen LogP contribution is -2.37. The predicted octanol–water partition coefficient (Wildman–Crippen LogP) is 5.30. The highest BCUT2D eigenvalue weighted by molar-refractivity contribution is 9.10. The van der Waals surface area contributed by atoms with Crippen LogP contribution in [-0.4, -0.2) is 31.6 Å². The highest BCUT2D eigenvalue weighted by atomic mass is 79.9. The van der Waals surface area contributed by atoms with Crippen molar-refractivity contribution in [3.8, 4) is 11.5 Å². The van der Waals surface area contributed by atoms with Gasteiger partial charge in [0.1, 0.15) is 17.4 Å². The number of rotatable bonds is 7. The van der Waals surface area contributed by atoms with Crippen LogP contribution in [0.15, 0.2) is 77.3 Å². The summed E-state index contributed by atoms with van der Waals surface area (Å²) in [6, 6.07) is 21.5. The van der Waals surface area contributed by atoms with E-state index in [1.165, 1.54) is 4.90 Å². The standard InChI is InChI=1S/C27H25BrN2O5/c1-3-15-34-20-12-10-18(11-13-20)29-26(31)23-24(21-16-17(28)9-14-22(21)33-2)30(35-25(23)27(29)32)19-7-5-4-6-8-19/h4-14,16,23-25H,3,15H2,1-2H3/t23-,24-,25+/m1/s1. The minimum atomic E-state index is -0.951. The lowest BCUT2D eigenvalue weighted by atomic mass is 9.90. The normalized spacial score (nSPS) is 21.4. The van der Waals surface area contributed by atoms with Crippen LogP contribution in [0, 0.1) is 5.92 Å². The molecule has 8 heteroatoms. The summed E-state index contributed by atoms with van der Waals surface area (Å²) in [6.07, 6.45) is -0.0587. The summed E-state index contributed by atoms with van der Waals surface area (Å²) in [5.74, 6) is -0.146. The van der Waals surface area contributed by atoms with Gasteiger partial charge in [0.05, 0.1) is 31.1 Å². The average molecular weight is 537 g/mol. The predicted molar refractivity (Wildman–Crippen MR) is 135 cm³/mol. The molecule has 2 aliphatic rings. The highest BCUT2D eigenvalue weighted by Gasteiger charge is 2.60. The van der Waals surface area contributed by atoms with E-state index in [1.807, 2.05) is 55.5 Å². The fraction of sp³-hybridized carbons (Fsp3) is 0.259. The van der Waals surface area contributed by atoms with Crippen LogP contribution in [0.3, 0.4) is 0 Å². The van der Waals surface area contributed by atoms with Crippen LogP contribution in [0.5, 0.6) is 11.5 Å². The van der Waals surface area contributed by atoms with Crippen molar-refractivity contribution in [3.05, 3.63) is 82.8 Å². The van der Waals surface area contributed by atoms with E-state index >= 15 is 0 Å². The zero-order chi connectivity index (χ0) is 24.5. The Hall–Kier alpha value is -3.36. The molecule has 0 bridgehead atoms. The number of carbonyl (C=O) groups is 2. The fourth-order valence-electron chi connectivity index (χ4n) is 4.63. The van der Waals surface area contributed by atoms with Crippen molar-refractivity contribution in [2.45, 2.75) is 25.5 Å². The van der Waals surface area contributed by atoms with Crippen LogP contribution in [0.1, 0.15) is 24.9 Å². The van der Waals surface area contributed by atoms with Crippen molar-refractivity contribution in [3.63, 3.8) is 0 Å². The zero-order valence-corrected chi connectivity index (χ0v) is 21.0. The van der Waals surface area contributed by atoms with Crippen LogP contribution in [0.25, 0.3) is 0 Å².